The van der Waals surface area contributed by atoms with Gasteiger partial charge >= 0.3 is 0 Å². The van der Waals surface area contributed by atoms with Crippen LogP contribution in [0.25, 0.3) is 11.0 Å². The average molecular weight is 295 g/mol. The zero-order chi connectivity index (χ0) is 13.0. The van der Waals surface area contributed by atoms with Crippen molar-refractivity contribution in [3.63, 3.8) is 0 Å². The predicted molar refractivity (Wildman–Crippen MR) is 78.7 cm³/mol. The van der Waals surface area contributed by atoms with Crippen LogP contribution in [0.1, 0.15) is 31.5 Å². The van der Waals surface area contributed by atoms with Crippen LogP contribution in [0.2, 0.25) is 5.02 Å². The molecule has 100 valence electrons. The molecule has 0 radical (unpaired) electrons. The number of imidazole rings is 1. The Morgan fingerprint density at radius 1 is 1.32 bits per heavy atom. The third kappa shape index (κ3) is 1.96. The molecule has 19 heavy (non-hydrogen) atoms. The molecule has 0 atom stereocenters. The van der Waals surface area contributed by atoms with Crippen LogP contribution in [0.4, 0.5) is 0 Å². The van der Waals surface area contributed by atoms with Crippen molar-refractivity contribution in [2.24, 2.45) is 11.3 Å². The van der Waals surface area contributed by atoms with Crippen molar-refractivity contribution in [3.8, 4) is 0 Å². The Balaban J connectivity index is 1.78. The summed E-state index contributed by atoms with van der Waals surface area (Å²) in [6, 6.07) is 5.95. The van der Waals surface area contributed by atoms with Gasteiger partial charge in [0.25, 0.3) is 0 Å². The highest BCUT2D eigenvalue weighted by molar-refractivity contribution is 6.31. The third-order valence-electron chi connectivity index (χ3n) is 4.72. The van der Waals surface area contributed by atoms with Gasteiger partial charge < -0.3 is 4.57 Å². The van der Waals surface area contributed by atoms with Crippen LogP contribution in [0.5, 0.6) is 0 Å². The van der Waals surface area contributed by atoms with Crippen molar-refractivity contribution in [3.05, 3.63) is 29.0 Å². The molecule has 2 aromatic rings. The molecule has 0 bridgehead atoms. The number of nitrogens with zero attached hydrogens (tertiary/aromatic N) is 2. The standard InChI is InChI=1S/C15H16Cl2N2/c16-8-14-18-12-7-11(17)3-4-13(12)19(14)9-15(5-6-15)10-1-2-10/h3-4,7,10H,1-2,5-6,8-9H2. The van der Waals surface area contributed by atoms with E-state index in [2.05, 4.69) is 15.6 Å². The zero-order valence-electron chi connectivity index (χ0n) is 10.7. The second kappa shape index (κ2) is 4.13. The number of hydrogen-bond acceptors (Lipinski definition) is 1. The first-order valence-electron chi connectivity index (χ1n) is 6.92. The fourth-order valence-corrected chi connectivity index (χ4v) is 3.67. The normalized spacial score (nSPS) is 20.9. The van der Waals surface area contributed by atoms with Crippen molar-refractivity contribution in [1.82, 2.24) is 9.55 Å². The van der Waals surface area contributed by atoms with Crippen LogP contribution in [0.15, 0.2) is 18.2 Å². The minimum absolute atomic E-state index is 0.465. The van der Waals surface area contributed by atoms with Crippen LogP contribution in [0, 0.1) is 11.3 Å². The fourth-order valence-electron chi connectivity index (χ4n) is 3.30. The highest BCUT2D eigenvalue weighted by atomic mass is 35.5. The van der Waals surface area contributed by atoms with Crippen molar-refractivity contribution in [2.75, 3.05) is 0 Å². The van der Waals surface area contributed by atoms with Gasteiger partial charge in [-0.3, -0.25) is 0 Å². The maximum Gasteiger partial charge on any atom is 0.124 e. The Morgan fingerprint density at radius 2 is 2.11 bits per heavy atom. The van der Waals surface area contributed by atoms with E-state index in [0.29, 0.717) is 11.3 Å². The second-order valence-electron chi connectivity index (χ2n) is 6.02. The number of alkyl halides is 1. The van der Waals surface area contributed by atoms with Gasteiger partial charge in [-0.2, -0.15) is 0 Å². The molecule has 0 amide bonds. The molecule has 2 nitrogen and oxygen atoms in total. The molecule has 4 heteroatoms. The van der Waals surface area contributed by atoms with Gasteiger partial charge in [0.2, 0.25) is 0 Å². The van der Waals surface area contributed by atoms with Gasteiger partial charge in [-0.25, -0.2) is 4.98 Å². The number of rotatable bonds is 4. The molecule has 0 unspecified atom stereocenters. The maximum atomic E-state index is 6.07. The fraction of sp³-hybridized carbons (Fsp3) is 0.533. The summed E-state index contributed by atoms with van der Waals surface area (Å²) in [7, 11) is 0. The minimum Gasteiger partial charge on any atom is -0.326 e. The van der Waals surface area contributed by atoms with Gasteiger partial charge in [-0.05, 0) is 55.2 Å². The molecule has 1 heterocycles. The first-order chi connectivity index (χ1) is 9.22. The van der Waals surface area contributed by atoms with E-state index in [0.717, 1.165) is 28.8 Å². The summed E-state index contributed by atoms with van der Waals surface area (Å²) >= 11 is 12.1. The van der Waals surface area contributed by atoms with Gasteiger partial charge in [-0.15, -0.1) is 11.6 Å². The number of benzene rings is 1. The second-order valence-corrected chi connectivity index (χ2v) is 6.72. The summed E-state index contributed by atoms with van der Waals surface area (Å²) in [5.41, 5.74) is 2.69. The summed E-state index contributed by atoms with van der Waals surface area (Å²) < 4.78 is 2.32. The molecule has 4 rings (SSSR count). The molecular weight excluding hydrogens is 279 g/mol. The summed E-state index contributed by atoms with van der Waals surface area (Å²) in [5, 5.41) is 0.738. The van der Waals surface area contributed by atoms with Gasteiger partial charge in [0.1, 0.15) is 5.82 Å². The minimum atomic E-state index is 0.465. The van der Waals surface area contributed by atoms with Crippen molar-refractivity contribution in [1.29, 1.82) is 0 Å². The summed E-state index contributed by atoms with van der Waals surface area (Å²) in [6.45, 7) is 1.08. The molecule has 0 aliphatic heterocycles. The summed E-state index contributed by atoms with van der Waals surface area (Å²) in [6.07, 6.45) is 5.56. The average Bonchev–Trinajstić information content (AvgIpc) is 3.27. The maximum absolute atomic E-state index is 6.07. The molecule has 2 aliphatic carbocycles. The van der Waals surface area contributed by atoms with Crippen molar-refractivity contribution in [2.45, 2.75) is 38.1 Å². The monoisotopic (exact) mass is 294 g/mol. The molecule has 1 aromatic heterocycles. The van der Waals surface area contributed by atoms with Crippen molar-refractivity contribution >= 4 is 34.2 Å². The lowest BCUT2D eigenvalue weighted by atomic mass is 10.0. The topological polar surface area (TPSA) is 17.8 Å². The number of hydrogen-bond donors (Lipinski definition) is 0. The van der Waals surface area contributed by atoms with Crippen LogP contribution in [-0.4, -0.2) is 9.55 Å². The Morgan fingerprint density at radius 3 is 2.74 bits per heavy atom. The number of aromatic nitrogens is 2. The Labute approximate surface area is 122 Å². The van der Waals surface area contributed by atoms with Gasteiger partial charge in [0, 0.05) is 11.6 Å². The van der Waals surface area contributed by atoms with Gasteiger partial charge in [0.15, 0.2) is 0 Å². The van der Waals surface area contributed by atoms with Crippen LogP contribution in [-0.2, 0) is 12.4 Å². The van der Waals surface area contributed by atoms with Crippen LogP contribution < -0.4 is 0 Å². The Kier molecular flexibility index (Phi) is 2.62. The lowest BCUT2D eigenvalue weighted by molar-refractivity contribution is 0.371. The third-order valence-corrected chi connectivity index (χ3v) is 5.19. The van der Waals surface area contributed by atoms with Crippen LogP contribution in [0.3, 0.4) is 0 Å². The molecule has 0 spiro atoms. The van der Waals surface area contributed by atoms with E-state index < -0.39 is 0 Å². The predicted octanol–water partition coefficient (Wildman–Crippen LogP) is 4.62. The zero-order valence-corrected chi connectivity index (χ0v) is 12.2. The Bertz CT molecular complexity index is 639. The molecule has 0 N–H and O–H groups in total. The van der Waals surface area contributed by atoms with Gasteiger partial charge in [-0.1, -0.05) is 11.6 Å². The lowest BCUT2D eigenvalue weighted by Crippen LogP contribution is -2.15. The summed E-state index contributed by atoms with van der Waals surface area (Å²) in [5.74, 6) is 2.39. The van der Waals surface area contributed by atoms with E-state index >= 15 is 0 Å². The number of halogens is 2. The molecule has 2 fully saturated rings. The Hall–Kier alpha value is -0.730. The smallest absolute Gasteiger partial charge is 0.124 e. The SMILES string of the molecule is ClCc1nc2cc(Cl)ccc2n1CC1(C2CC2)CC1. The molecule has 2 aliphatic rings. The molecule has 1 aromatic carbocycles. The largest absolute Gasteiger partial charge is 0.326 e. The lowest BCUT2D eigenvalue weighted by Gasteiger charge is -2.17. The van der Waals surface area contributed by atoms with E-state index in [1.807, 2.05) is 12.1 Å². The van der Waals surface area contributed by atoms with E-state index in [1.165, 1.54) is 31.2 Å². The van der Waals surface area contributed by atoms with E-state index in [1.54, 1.807) is 0 Å². The van der Waals surface area contributed by atoms with Crippen LogP contribution >= 0.6 is 23.2 Å². The number of fused-ring (bicyclic) bond motifs is 1. The first-order valence-corrected chi connectivity index (χ1v) is 7.84. The molecule has 2 saturated carbocycles. The van der Waals surface area contributed by atoms with Gasteiger partial charge in [0.05, 0.1) is 16.9 Å². The highest BCUT2D eigenvalue weighted by Gasteiger charge is 2.54. The van der Waals surface area contributed by atoms with E-state index in [-0.39, 0.29) is 0 Å². The van der Waals surface area contributed by atoms with E-state index in [4.69, 9.17) is 23.2 Å². The molecular formula is C15H16Cl2N2. The summed E-state index contributed by atoms with van der Waals surface area (Å²) in [4.78, 5) is 4.63. The highest BCUT2D eigenvalue weighted by Crippen LogP contribution is 2.62. The molecule has 0 saturated heterocycles. The first kappa shape index (κ1) is 12.0. The quantitative estimate of drug-likeness (QED) is 0.753. The van der Waals surface area contributed by atoms with Crippen molar-refractivity contribution < 1.29 is 0 Å². The van der Waals surface area contributed by atoms with E-state index in [9.17, 15) is 0 Å².